The molecule has 0 aromatic rings. The lowest BCUT2D eigenvalue weighted by Crippen LogP contribution is -2.51. The number of carboxylic acid groups (broad SMARTS) is 1. The molecule has 1 aliphatic heterocycles. The van der Waals surface area contributed by atoms with Crippen LogP contribution in [-0.4, -0.2) is 54.4 Å². The lowest BCUT2D eigenvalue weighted by molar-refractivity contribution is -0.154. The van der Waals surface area contributed by atoms with E-state index in [1.165, 1.54) is 4.90 Å². The fourth-order valence-corrected chi connectivity index (χ4v) is 1.67. The van der Waals surface area contributed by atoms with Gasteiger partial charge >= 0.3 is 12.0 Å². The van der Waals surface area contributed by atoms with E-state index in [1.54, 1.807) is 0 Å². The Labute approximate surface area is 101 Å². The van der Waals surface area contributed by atoms with Crippen molar-refractivity contribution in [3.63, 3.8) is 0 Å². The maximum absolute atomic E-state index is 11.7. The first kappa shape index (κ1) is 13.8. The zero-order chi connectivity index (χ0) is 12.7. The van der Waals surface area contributed by atoms with Crippen LogP contribution in [0.2, 0.25) is 0 Å². The SMILES string of the molecule is CCCCCNC(=O)N1CCOC(C(=O)O)C1. The highest BCUT2D eigenvalue weighted by atomic mass is 16.5. The summed E-state index contributed by atoms with van der Waals surface area (Å²) < 4.78 is 5.04. The van der Waals surface area contributed by atoms with Crippen molar-refractivity contribution in [2.75, 3.05) is 26.2 Å². The summed E-state index contributed by atoms with van der Waals surface area (Å²) in [6.07, 6.45) is 2.25. The molecule has 17 heavy (non-hydrogen) atoms. The number of carbonyl (C=O) groups is 2. The second kappa shape index (κ2) is 7.11. The quantitative estimate of drug-likeness (QED) is 0.697. The number of carboxylic acids is 1. The van der Waals surface area contributed by atoms with Gasteiger partial charge in [-0.1, -0.05) is 19.8 Å². The number of rotatable bonds is 5. The van der Waals surface area contributed by atoms with Gasteiger partial charge in [0.2, 0.25) is 0 Å². The van der Waals surface area contributed by atoms with E-state index in [0.717, 1.165) is 19.3 Å². The van der Waals surface area contributed by atoms with E-state index in [1.807, 2.05) is 0 Å². The summed E-state index contributed by atoms with van der Waals surface area (Å²) >= 11 is 0. The Morgan fingerprint density at radius 1 is 1.47 bits per heavy atom. The van der Waals surface area contributed by atoms with Crippen molar-refractivity contribution in [3.05, 3.63) is 0 Å². The molecule has 1 heterocycles. The van der Waals surface area contributed by atoms with E-state index in [-0.39, 0.29) is 19.2 Å². The summed E-state index contributed by atoms with van der Waals surface area (Å²) in [5.41, 5.74) is 0. The van der Waals surface area contributed by atoms with E-state index in [2.05, 4.69) is 12.2 Å². The van der Waals surface area contributed by atoms with Crippen molar-refractivity contribution >= 4 is 12.0 Å². The van der Waals surface area contributed by atoms with Gasteiger partial charge in [0, 0.05) is 13.1 Å². The molecule has 1 aliphatic rings. The number of urea groups is 1. The normalized spacial score (nSPS) is 20.1. The van der Waals surface area contributed by atoms with Crippen molar-refractivity contribution in [1.82, 2.24) is 10.2 Å². The fraction of sp³-hybridized carbons (Fsp3) is 0.818. The van der Waals surface area contributed by atoms with Crippen molar-refractivity contribution in [1.29, 1.82) is 0 Å². The average Bonchev–Trinajstić information content (AvgIpc) is 2.34. The zero-order valence-corrected chi connectivity index (χ0v) is 10.1. The Morgan fingerprint density at radius 2 is 2.24 bits per heavy atom. The minimum Gasteiger partial charge on any atom is -0.479 e. The van der Waals surface area contributed by atoms with Gasteiger partial charge in [0.05, 0.1) is 13.2 Å². The van der Waals surface area contributed by atoms with Gasteiger partial charge in [0.25, 0.3) is 0 Å². The number of hydrogen-bond acceptors (Lipinski definition) is 3. The van der Waals surface area contributed by atoms with E-state index in [4.69, 9.17) is 9.84 Å². The molecule has 0 saturated carbocycles. The van der Waals surface area contributed by atoms with Gasteiger partial charge in [-0.15, -0.1) is 0 Å². The molecule has 1 saturated heterocycles. The first-order valence-electron chi connectivity index (χ1n) is 6.02. The van der Waals surface area contributed by atoms with Crippen LogP contribution in [0.4, 0.5) is 4.79 Å². The third-order valence-corrected chi connectivity index (χ3v) is 2.69. The lowest BCUT2D eigenvalue weighted by Gasteiger charge is -2.30. The van der Waals surface area contributed by atoms with Gasteiger partial charge in [-0.3, -0.25) is 0 Å². The Bertz CT molecular complexity index is 270. The largest absolute Gasteiger partial charge is 0.479 e. The molecule has 0 aromatic heterocycles. The number of nitrogens with zero attached hydrogens (tertiary/aromatic N) is 1. The van der Waals surface area contributed by atoms with Crippen LogP contribution in [0.1, 0.15) is 26.2 Å². The number of unbranched alkanes of at least 4 members (excludes halogenated alkanes) is 2. The number of aliphatic carboxylic acids is 1. The Morgan fingerprint density at radius 3 is 2.88 bits per heavy atom. The summed E-state index contributed by atoms with van der Waals surface area (Å²) in [6, 6.07) is -0.198. The number of nitrogens with one attached hydrogen (secondary N) is 1. The summed E-state index contributed by atoms with van der Waals surface area (Å²) in [5, 5.41) is 11.6. The van der Waals surface area contributed by atoms with Gasteiger partial charge in [0.1, 0.15) is 0 Å². The van der Waals surface area contributed by atoms with Gasteiger partial charge in [0.15, 0.2) is 6.10 Å². The van der Waals surface area contributed by atoms with Gasteiger partial charge in [-0.05, 0) is 6.42 Å². The van der Waals surface area contributed by atoms with Gasteiger partial charge in [-0.25, -0.2) is 9.59 Å². The van der Waals surface area contributed by atoms with E-state index >= 15 is 0 Å². The fourth-order valence-electron chi connectivity index (χ4n) is 1.67. The topological polar surface area (TPSA) is 78.9 Å². The number of hydrogen-bond donors (Lipinski definition) is 2. The molecular weight excluding hydrogens is 224 g/mol. The molecule has 0 radical (unpaired) electrons. The molecule has 0 aliphatic carbocycles. The third kappa shape index (κ3) is 4.60. The molecule has 98 valence electrons. The van der Waals surface area contributed by atoms with Crippen LogP contribution in [0.15, 0.2) is 0 Å². The van der Waals surface area contributed by atoms with Crippen LogP contribution in [0.3, 0.4) is 0 Å². The molecule has 0 spiro atoms. The summed E-state index contributed by atoms with van der Waals surface area (Å²) in [4.78, 5) is 23.9. The van der Waals surface area contributed by atoms with Crippen LogP contribution in [0.25, 0.3) is 0 Å². The minimum atomic E-state index is -1.02. The Hall–Kier alpha value is -1.30. The van der Waals surface area contributed by atoms with Crippen molar-refractivity contribution in [2.45, 2.75) is 32.3 Å². The third-order valence-electron chi connectivity index (χ3n) is 2.69. The standard InChI is InChI=1S/C11H20N2O4/c1-2-3-4-5-12-11(16)13-6-7-17-9(8-13)10(14)15/h9H,2-8H2,1H3,(H,12,16)(H,14,15). The maximum atomic E-state index is 11.7. The van der Waals surface area contributed by atoms with Gasteiger partial charge < -0.3 is 20.1 Å². The lowest BCUT2D eigenvalue weighted by atomic mass is 10.2. The predicted octanol–water partition coefficient (Wildman–Crippen LogP) is 0.672. The van der Waals surface area contributed by atoms with E-state index in [9.17, 15) is 9.59 Å². The van der Waals surface area contributed by atoms with Crippen LogP contribution < -0.4 is 5.32 Å². The maximum Gasteiger partial charge on any atom is 0.334 e. The highest BCUT2D eigenvalue weighted by molar-refractivity contribution is 5.77. The predicted molar refractivity (Wildman–Crippen MR) is 61.9 cm³/mol. The smallest absolute Gasteiger partial charge is 0.334 e. The first-order valence-corrected chi connectivity index (χ1v) is 6.02. The number of morpholine rings is 1. The van der Waals surface area contributed by atoms with E-state index in [0.29, 0.717) is 13.1 Å². The monoisotopic (exact) mass is 244 g/mol. The van der Waals surface area contributed by atoms with Crippen LogP contribution in [0.5, 0.6) is 0 Å². The average molecular weight is 244 g/mol. The molecule has 0 aromatic carbocycles. The molecule has 2 N–H and O–H groups in total. The highest BCUT2D eigenvalue weighted by Crippen LogP contribution is 2.05. The second-order valence-electron chi connectivity index (χ2n) is 4.08. The van der Waals surface area contributed by atoms with E-state index < -0.39 is 12.1 Å². The second-order valence-corrected chi connectivity index (χ2v) is 4.08. The van der Waals surface area contributed by atoms with Crippen LogP contribution in [0, 0.1) is 0 Å². The molecule has 2 amide bonds. The van der Waals surface area contributed by atoms with Crippen LogP contribution >= 0.6 is 0 Å². The number of ether oxygens (including phenoxy) is 1. The molecule has 6 heteroatoms. The molecule has 1 rings (SSSR count). The molecular formula is C11H20N2O4. The molecule has 1 atom stereocenters. The summed E-state index contributed by atoms with van der Waals surface area (Å²) in [7, 11) is 0. The molecule has 1 unspecified atom stereocenters. The van der Waals surface area contributed by atoms with Gasteiger partial charge in [-0.2, -0.15) is 0 Å². The Balaban J connectivity index is 2.28. The van der Waals surface area contributed by atoms with Crippen molar-refractivity contribution in [2.24, 2.45) is 0 Å². The number of carbonyl (C=O) groups excluding carboxylic acids is 1. The summed E-state index contributed by atoms with van der Waals surface area (Å²) in [6.45, 7) is 3.58. The zero-order valence-electron chi connectivity index (χ0n) is 10.1. The van der Waals surface area contributed by atoms with Crippen molar-refractivity contribution in [3.8, 4) is 0 Å². The summed E-state index contributed by atoms with van der Waals surface area (Å²) in [5.74, 6) is -1.02. The minimum absolute atomic E-state index is 0.120. The molecule has 6 nitrogen and oxygen atoms in total. The Kier molecular flexibility index (Phi) is 5.76. The highest BCUT2D eigenvalue weighted by Gasteiger charge is 2.28. The van der Waals surface area contributed by atoms with Crippen LogP contribution in [-0.2, 0) is 9.53 Å². The molecule has 1 fully saturated rings. The first-order chi connectivity index (χ1) is 8.15. The number of amides is 2. The van der Waals surface area contributed by atoms with Crippen molar-refractivity contribution < 1.29 is 19.4 Å². The molecule has 0 bridgehead atoms.